The van der Waals surface area contributed by atoms with Gasteiger partial charge in [-0.1, -0.05) is 6.07 Å². The fourth-order valence-corrected chi connectivity index (χ4v) is 5.86. The van der Waals surface area contributed by atoms with Gasteiger partial charge in [-0.2, -0.15) is 0 Å². The van der Waals surface area contributed by atoms with E-state index in [0.717, 1.165) is 66.9 Å². The van der Waals surface area contributed by atoms with Crippen LogP contribution in [0.5, 0.6) is 0 Å². The molecule has 0 bridgehead atoms. The van der Waals surface area contributed by atoms with Gasteiger partial charge in [0.2, 0.25) is 0 Å². The van der Waals surface area contributed by atoms with E-state index in [1.807, 2.05) is 6.07 Å². The first-order valence-corrected chi connectivity index (χ1v) is 12.9. The van der Waals surface area contributed by atoms with E-state index in [4.69, 9.17) is 19.4 Å². The monoisotopic (exact) mass is 493 g/mol. The summed E-state index contributed by atoms with van der Waals surface area (Å²) in [5.41, 5.74) is 3.00. The Kier molecular flexibility index (Phi) is 6.35. The topological polar surface area (TPSA) is 81.5 Å². The van der Waals surface area contributed by atoms with Crippen molar-refractivity contribution in [1.29, 1.82) is 0 Å². The summed E-state index contributed by atoms with van der Waals surface area (Å²) in [6, 6.07) is 5.32. The average Bonchev–Trinajstić information content (AvgIpc) is 3.31. The molecule has 3 aliphatic rings. The van der Waals surface area contributed by atoms with E-state index in [-0.39, 0.29) is 17.8 Å². The van der Waals surface area contributed by atoms with Crippen molar-refractivity contribution in [2.24, 2.45) is 0 Å². The van der Waals surface area contributed by atoms with Crippen molar-refractivity contribution in [3.05, 3.63) is 47.4 Å². The lowest BCUT2D eigenvalue weighted by Crippen LogP contribution is -2.43. The Bertz CT molecular complexity index is 1280. The molecule has 3 aliphatic heterocycles. The highest BCUT2D eigenvalue weighted by atomic mass is 19.1. The molecule has 0 radical (unpaired) electrons. The van der Waals surface area contributed by atoms with E-state index in [1.165, 1.54) is 6.07 Å². The van der Waals surface area contributed by atoms with Crippen LogP contribution in [-0.4, -0.2) is 65.5 Å². The van der Waals surface area contributed by atoms with E-state index in [2.05, 4.69) is 16.0 Å². The predicted octanol–water partition coefficient (Wildman–Crippen LogP) is 4.18. The molecule has 8 nitrogen and oxygen atoms in total. The molecule has 0 unspecified atom stereocenters. The second-order valence-corrected chi connectivity index (χ2v) is 9.92. The molecule has 1 N–H and O–H groups in total. The molecule has 3 aromatic rings. The van der Waals surface area contributed by atoms with Crippen molar-refractivity contribution < 1.29 is 18.7 Å². The highest BCUT2D eigenvalue weighted by Crippen LogP contribution is 2.39. The number of nitrogens with one attached hydrogen (secondary N) is 1. The second kappa shape index (κ2) is 9.78. The number of rotatable bonds is 3. The highest BCUT2D eigenvalue weighted by Gasteiger charge is 2.32. The van der Waals surface area contributed by atoms with Gasteiger partial charge in [-0.15, -0.1) is 0 Å². The third-order valence-electron chi connectivity index (χ3n) is 7.87. The Morgan fingerprint density at radius 3 is 2.50 bits per heavy atom. The summed E-state index contributed by atoms with van der Waals surface area (Å²) in [5, 5.41) is 4.43. The first-order valence-electron chi connectivity index (χ1n) is 12.9. The van der Waals surface area contributed by atoms with E-state index in [1.54, 1.807) is 18.1 Å². The van der Waals surface area contributed by atoms with E-state index in [0.29, 0.717) is 50.0 Å². The largest absolute Gasteiger partial charge is 0.381 e. The number of urea groups is 1. The Morgan fingerprint density at radius 1 is 1.06 bits per heavy atom. The maximum atomic E-state index is 15.6. The number of ether oxygens (including phenoxy) is 2. The maximum Gasteiger partial charge on any atom is 0.317 e. The molecule has 2 fully saturated rings. The Hall–Kier alpha value is -3.04. The molecular formula is C27H32FN5O3. The van der Waals surface area contributed by atoms with Crippen LogP contribution in [0.2, 0.25) is 0 Å². The minimum Gasteiger partial charge on any atom is -0.381 e. The quantitative estimate of drug-likeness (QED) is 0.592. The average molecular weight is 494 g/mol. The fraction of sp³-hybridized carbons (Fsp3) is 0.519. The summed E-state index contributed by atoms with van der Waals surface area (Å²) in [6.45, 7) is 4.51. The van der Waals surface area contributed by atoms with Crippen LogP contribution in [0.1, 0.15) is 54.7 Å². The maximum absolute atomic E-state index is 15.6. The number of pyridine rings is 1. The van der Waals surface area contributed by atoms with Crippen LogP contribution in [0, 0.1) is 5.82 Å². The number of carbonyl (C=O) groups is 1. The van der Waals surface area contributed by atoms with Gasteiger partial charge < -0.3 is 24.3 Å². The van der Waals surface area contributed by atoms with E-state index >= 15 is 4.39 Å². The Balaban J connectivity index is 1.47. The van der Waals surface area contributed by atoms with Crippen LogP contribution < -0.4 is 5.32 Å². The smallest absolute Gasteiger partial charge is 0.317 e. The van der Waals surface area contributed by atoms with Crippen molar-refractivity contribution >= 4 is 16.8 Å². The Morgan fingerprint density at radius 2 is 1.78 bits per heavy atom. The standard InChI is InChI=1S/C27H32FN5O3/c1-29-27(34)32-8-9-33-23(16-32)25(31-26(33)18-6-12-36-13-7-18)24-20-15-30-22(17-4-10-35-11-5-17)14-19(20)2-3-21(24)28/h2-3,14-15,17-18H,4-13,16H2,1H3,(H,29,34). The lowest BCUT2D eigenvalue weighted by Gasteiger charge is -2.31. The molecule has 0 aliphatic carbocycles. The molecule has 6 rings (SSSR count). The summed E-state index contributed by atoms with van der Waals surface area (Å²) < 4.78 is 28.9. The van der Waals surface area contributed by atoms with Gasteiger partial charge in [-0.05, 0) is 43.2 Å². The lowest BCUT2D eigenvalue weighted by molar-refractivity contribution is 0.0823. The Labute approximate surface area is 209 Å². The van der Waals surface area contributed by atoms with Gasteiger partial charge in [0.15, 0.2) is 0 Å². The van der Waals surface area contributed by atoms with Crippen molar-refractivity contribution in [2.45, 2.75) is 50.6 Å². The van der Waals surface area contributed by atoms with Crippen molar-refractivity contribution in [2.75, 3.05) is 40.0 Å². The summed E-state index contributed by atoms with van der Waals surface area (Å²) in [4.78, 5) is 24.1. The van der Waals surface area contributed by atoms with E-state index in [9.17, 15) is 4.79 Å². The van der Waals surface area contributed by atoms with Crippen LogP contribution in [0.3, 0.4) is 0 Å². The normalized spacial score (nSPS) is 19.4. The van der Waals surface area contributed by atoms with Gasteiger partial charge in [-0.3, -0.25) is 4.98 Å². The number of hydrogen-bond acceptors (Lipinski definition) is 5. The summed E-state index contributed by atoms with van der Waals surface area (Å²) in [6.07, 6.45) is 5.49. The van der Waals surface area contributed by atoms with Crippen molar-refractivity contribution in [3.8, 4) is 11.3 Å². The number of aromatic nitrogens is 3. The zero-order valence-corrected chi connectivity index (χ0v) is 20.6. The molecule has 2 aromatic heterocycles. The molecule has 9 heteroatoms. The van der Waals surface area contributed by atoms with Crippen LogP contribution in [0.4, 0.5) is 9.18 Å². The third kappa shape index (κ3) is 4.14. The molecule has 0 atom stereocenters. The molecule has 36 heavy (non-hydrogen) atoms. The van der Waals surface area contributed by atoms with Gasteiger partial charge in [0.05, 0.1) is 17.9 Å². The number of nitrogens with zero attached hydrogens (tertiary/aromatic N) is 4. The predicted molar refractivity (Wildman–Crippen MR) is 133 cm³/mol. The van der Waals surface area contributed by atoms with E-state index < -0.39 is 0 Å². The second-order valence-electron chi connectivity index (χ2n) is 9.92. The minimum atomic E-state index is -0.320. The fourth-order valence-electron chi connectivity index (χ4n) is 5.86. The zero-order chi connectivity index (χ0) is 24.6. The number of hydrogen-bond donors (Lipinski definition) is 1. The van der Waals surface area contributed by atoms with Crippen molar-refractivity contribution in [3.63, 3.8) is 0 Å². The van der Waals surface area contributed by atoms with Gasteiger partial charge in [0, 0.05) is 81.2 Å². The first kappa shape index (κ1) is 23.4. The van der Waals surface area contributed by atoms with Crippen LogP contribution in [0.15, 0.2) is 24.4 Å². The van der Waals surface area contributed by atoms with Gasteiger partial charge in [-0.25, -0.2) is 14.2 Å². The molecule has 0 saturated carbocycles. The van der Waals surface area contributed by atoms with Gasteiger partial charge in [0.1, 0.15) is 11.6 Å². The van der Waals surface area contributed by atoms with Crippen LogP contribution in [0.25, 0.3) is 22.0 Å². The molecule has 2 saturated heterocycles. The minimum absolute atomic E-state index is 0.137. The number of amides is 2. The summed E-state index contributed by atoms with van der Waals surface area (Å²) in [5.74, 6) is 1.27. The van der Waals surface area contributed by atoms with Crippen LogP contribution in [-0.2, 0) is 22.6 Å². The first-order chi connectivity index (χ1) is 17.6. The molecule has 0 spiro atoms. The number of fused-ring (bicyclic) bond motifs is 2. The number of benzene rings is 1. The highest BCUT2D eigenvalue weighted by molar-refractivity contribution is 5.96. The third-order valence-corrected chi connectivity index (χ3v) is 7.87. The number of carbonyl (C=O) groups excluding carboxylic acids is 1. The zero-order valence-electron chi connectivity index (χ0n) is 20.6. The summed E-state index contributed by atoms with van der Waals surface area (Å²) in [7, 11) is 1.63. The SMILES string of the molecule is CNC(=O)N1CCn2c(C3CCOCC3)nc(-c3c(F)ccc4cc(C5CCOCC5)ncc34)c2C1. The number of imidazole rings is 1. The molecular weight excluding hydrogens is 461 g/mol. The number of halogens is 1. The molecule has 1 aromatic carbocycles. The van der Waals surface area contributed by atoms with Gasteiger partial charge >= 0.3 is 6.03 Å². The van der Waals surface area contributed by atoms with Gasteiger partial charge in [0.25, 0.3) is 0 Å². The molecule has 2 amide bonds. The summed E-state index contributed by atoms with van der Waals surface area (Å²) >= 11 is 0. The molecule has 190 valence electrons. The van der Waals surface area contributed by atoms with Crippen LogP contribution >= 0.6 is 0 Å². The molecule has 5 heterocycles. The lowest BCUT2D eigenvalue weighted by atomic mass is 9.93. The van der Waals surface area contributed by atoms with Crippen molar-refractivity contribution in [1.82, 2.24) is 24.8 Å².